The van der Waals surface area contributed by atoms with Gasteiger partial charge in [-0.3, -0.25) is 0 Å². The van der Waals surface area contributed by atoms with Gasteiger partial charge in [0.2, 0.25) is 0 Å². The minimum Gasteiger partial charge on any atom is -0.376 e. The average Bonchev–Trinajstić information content (AvgIpc) is 3.14. The van der Waals surface area contributed by atoms with Crippen molar-refractivity contribution in [2.45, 2.75) is 31.9 Å². The van der Waals surface area contributed by atoms with Crippen LogP contribution in [0.4, 0.5) is 0 Å². The standard InChI is InChI=1S/C20H24N2OS/c1-15(22-20(24)21-14-19-8-5-13-23-19)16-9-11-18(12-10-16)17-6-3-2-4-7-17/h2-4,6-7,9-12,15,19H,5,8,13-14H2,1H3,(H2,21,22,24)/t15-,19-/m1/s1. The third kappa shape index (κ3) is 4.56. The van der Waals surface area contributed by atoms with E-state index in [-0.39, 0.29) is 6.04 Å². The monoisotopic (exact) mass is 340 g/mol. The lowest BCUT2D eigenvalue weighted by Gasteiger charge is -2.19. The fourth-order valence-corrected chi connectivity index (χ4v) is 3.20. The number of hydrogen-bond acceptors (Lipinski definition) is 2. The van der Waals surface area contributed by atoms with Crippen LogP contribution >= 0.6 is 12.2 Å². The number of rotatable bonds is 5. The molecule has 0 unspecified atom stereocenters. The first-order valence-corrected chi connectivity index (χ1v) is 8.94. The molecule has 2 N–H and O–H groups in total. The summed E-state index contributed by atoms with van der Waals surface area (Å²) in [6.07, 6.45) is 2.56. The Bertz CT molecular complexity index is 651. The Morgan fingerprint density at radius 3 is 2.50 bits per heavy atom. The summed E-state index contributed by atoms with van der Waals surface area (Å²) >= 11 is 5.39. The maximum atomic E-state index is 5.60. The van der Waals surface area contributed by atoms with Crippen LogP contribution in [0.3, 0.4) is 0 Å². The van der Waals surface area contributed by atoms with Gasteiger partial charge in [-0.15, -0.1) is 0 Å². The summed E-state index contributed by atoms with van der Waals surface area (Å²) in [5, 5.41) is 7.29. The maximum absolute atomic E-state index is 5.60. The Labute approximate surface area is 149 Å². The van der Waals surface area contributed by atoms with E-state index in [1.807, 2.05) is 6.07 Å². The van der Waals surface area contributed by atoms with Gasteiger partial charge in [0.05, 0.1) is 12.1 Å². The lowest BCUT2D eigenvalue weighted by Crippen LogP contribution is -2.40. The molecule has 3 rings (SSSR count). The molecular formula is C20H24N2OS. The normalized spacial score (nSPS) is 18.1. The molecule has 2 aromatic carbocycles. The highest BCUT2D eigenvalue weighted by Crippen LogP contribution is 2.21. The van der Waals surface area contributed by atoms with Crippen molar-refractivity contribution in [3.8, 4) is 11.1 Å². The van der Waals surface area contributed by atoms with Crippen LogP contribution in [0, 0.1) is 0 Å². The molecule has 1 saturated heterocycles. The minimum atomic E-state index is 0.166. The van der Waals surface area contributed by atoms with Crippen molar-refractivity contribution in [1.82, 2.24) is 10.6 Å². The van der Waals surface area contributed by atoms with Crippen molar-refractivity contribution < 1.29 is 4.74 Å². The minimum absolute atomic E-state index is 0.166. The second-order valence-electron chi connectivity index (χ2n) is 6.20. The Morgan fingerprint density at radius 1 is 1.12 bits per heavy atom. The molecule has 24 heavy (non-hydrogen) atoms. The number of benzene rings is 2. The predicted octanol–water partition coefficient (Wildman–Crippen LogP) is 4.06. The van der Waals surface area contributed by atoms with Gasteiger partial charge >= 0.3 is 0 Å². The van der Waals surface area contributed by atoms with Crippen LogP contribution in [0.15, 0.2) is 54.6 Å². The van der Waals surface area contributed by atoms with E-state index in [0.29, 0.717) is 11.2 Å². The highest BCUT2D eigenvalue weighted by atomic mass is 32.1. The van der Waals surface area contributed by atoms with Gasteiger partial charge < -0.3 is 15.4 Å². The van der Waals surface area contributed by atoms with Crippen molar-refractivity contribution in [3.05, 3.63) is 60.2 Å². The molecule has 3 nitrogen and oxygen atoms in total. The highest BCUT2D eigenvalue weighted by molar-refractivity contribution is 7.80. The molecule has 0 radical (unpaired) electrons. The summed E-state index contributed by atoms with van der Waals surface area (Å²) in [6.45, 7) is 3.78. The molecule has 1 aliphatic rings. The van der Waals surface area contributed by atoms with Gasteiger partial charge in [-0.1, -0.05) is 54.6 Å². The van der Waals surface area contributed by atoms with Crippen molar-refractivity contribution in [3.63, 3.8) is 0 Å². The molecule has 0 amide bonds. The van der Waals surface area contributed by atoms with Crippen molar-refractivity contribution in [1.29, 1.82) is 0 Å². The second kappa shape index (κ2) is 8.27. The molecule has 4 heteroatoms. The van der Waals surface area contributed by atoms with E-state index in [4.69, 9.17) is 17.0 Å². The van der Waals surface area contributed by atoms with Crippen molar-refractivity contribution >= 4 is 17.3 Å². The Hall–Kier alpha value is -1.91. The molecule has 0 aromatic heterocycles. The van der Waals surface area contributed by atoms with Crippen molar-refractivity contribution in [2.75, 3.05) is 13.2 Å². The summed E-state index contributed by atoms with van der Waals surface area (Å²) in [6, 6.07) is 19.2. The molecule has 0 saturated carbocycles. The van der Waals surface area contributed by atoms with Gasteiger partial charge in [0.25, 0.3) is 0 Å². The number of nitrogens with one attached hydrogen (secondary N) is 2. The lowest BCUT2D eigenvalue weighted by molar-refractivity contribution is 0.114. The molecule has 0 spiro atoms. The Morgan fingerprint density at radius 2 is 1.83 bits per heavy atom. The molecular weight excluding hydrogens is 316 g/mol. The molecule has 0 bridgehead atoms. The molecule has 1 aliphatic heterocycles. The molecule has 126 valence electrons. The smallest absolute Gasteiger partial charge is 0.166 e. The summed E-state index contributed by atoms with van der Waals surface area (Å²) in [7, 11) is 0. The van der Waals surface area contributed by atoms with E-state index >= 15 is 0 Å². The summed E-state index contributed by atoms with van der Waals surface area (Å²) < 4.78 is 5.60. The van der Waals surface area contributed by atoms with Crippen LogP contribution in [0.25, 0.3) is 11.1 Å². The van der Waals surface area contributed by atoms with Crippen LogP contribution in [-0.4, -0.2) is 24.4 Å². The van der Waals surface area contributed by atoms with E-state index in [1.54, 1.807) is 0 Å². The fraction of sp³-hybridized carbons (Fsp3) is 0.350. The van der Waals surface area contributed by atoms with E-state index in [9.17, 15) is 0 Å². The first-order valence-electron chi connectivity index (χ1n) is 8.54. The molecule has 1 heterocycles. The van der Waals surface area contributed by atoms with E-state index < -0.39 is 0 Å². The van der Waals surface area contributed by atoms with Crippen LogP contribution in [0.1, 0.15) is 31.4 Å². The van der Waals surface area contributed by atoms with Gasteiger partial charge in [-0.25, -0.2) is 0 Å². The quantitative estimate of drug-likeness (QED) is 0.804. The first-order chi connectivity index (χ1) is 11.7. The first kappa shape index (κ1) is 16.9. The number of hydrogen-bond donors (Lipinski definition) is 2. The Balaban J connectivity index is 1.52. The third-order valence-corrected chi connectivity index (χ3v) is 4.64. The largest absolute Gasteiger partial charge is 0.376 e. The van der Waals surface area contributed by atoms with Crippen molar-refractivity contribution in [2.24, 2.45) is 0 Å². The van der Waals surface area contributed by atoms with Gasteiger partial charge in [0.15, 0.2) is 5.11 Å². The summed E-state index contributed by atoms with van der Waals surface area (Å²) in [5.74, 6) is 0. The zero-order valence-corrected chi connectivity index (χ0v) is 14.8. The predicted molar refractivity (Wildman–Crippen MR) is 103 cm³/mol. The lowest BCUT2D eigenvalue weighted by atomic mass is 10.0. The van der Waals surface area contributed by atoms with Gasteiger partial charge in [-0.05, 0) is 48.7 Å². The molecule has 1 fully saturated rings. The average molecular weight is 340 g/mol. The SMILES string of the molecule is C[C@@H](NC(=S)NC[C@H]1CCCO1)c1ccc(-c2ccccc2)cc1. The molecule has 2 aromatic rings. The van der Waals surface area contributed by atoms with Gasteiger partial charge in [-0.2, -0.15) is 0 Å². The van der Waals surface area contributed by atoms with Crippen LogP contribution in [0.2, 0.25) is 0 Å². The molecule has 2 atom stereocenters. The van der Waals surface area contributed by atoms with E-state index in [1.165, 1.54) is 16.7 Å². The topological polar surface area (TPSA) is 33.3 Å². The van der Waals surface area contributed by atoms with Crippen LogP contribution < -0.4 is 10.6 Å². The third-order valence-electron chi connectivity index (χ3n) is 4.38. The zero-order valence-electron chi connectivity index (χ0n) is 14.0. The summed E-state index contributed by atoms with van der Waals surface area (Å²) in [5.41, 5.74) is 3.68. The van der Waals surface area contributed by atoms with Crippen LogP contribution in [-0.2, 0) is 4.74 Å². The maximum Gasteiger partial charge on any atom is 0.166 e. The van der Waals surface area contributed by atoms with Gasteiger partial charge in [0.1, 0.15) is 0 Å². The number of ether oxygens (including phenoxy) is 1. The fourth-order valence-electron chi connectivity index (χ4n) is 2.94. The van der Waals surface area contributed by atoms with Crippen LogP contribution in [0.5, 0.6) is 0 Å². The zero-order chi connectivity index (χ0) is 16.8. The van der Waals surface area contributed by atoms with E-state index in [2.05, 4.69) is 66.1 Å². The Kier molecular flexibility index (Phi) is 5.83. The second-order valence-corrected chi connectivity index (χ2v) is 6.61. The van der Waals surface area contributed by atoms with Gasteiger partial charge in [0, 0.05) is 13.2 Å². The number of thiocarbonyl (C=S) groups is 1. The van der Waals surface area contributed by atoms with E-state index in [0.717, 1.165) is 26.0 Å². The highest BCUT2D eigenvalue weighted by Gasteiger charge is 2.15. The molecule has 0 aliphatic carbocycles. The summed E-state index contributed by atoms with van der Waals surface area (Å²) in [4.78, 5) is 0.